The van der Waals surface area contributed by atoms with Crippen molar-refractivity contribution < 1.29 is 14.3 Å². The first-order valence-electron chi connectivity index (χ1n) is 7.62. The number of anilines is 1. The van der Waals surface area contributed by atoms with Gasteiger partial charge in [-0.05, 0) is 25.1 Å². The Labute approximate surface area is 159 Å². The van der Waals surface area contributed by atoms with E-state index in [0.717, 1.165) is 5.39 Å². The molecule has 0 saturated carbocycles. The summed E-state index contributed by atoms with van der Waals surface area (Å²) in [6, 6.07) is 10.2. The van der Waals surface area contributed by atoms with Gasteiger partial charge in [-0.15, -0.1) is 0 Å². The standard InChI is InChI=1S/C18H13Cl2N3O3/c1-10(17(24)23-16-14(20)8-12(19)9-22-16)26-18(25)13-6-2-4-11-5-3-7-21-15(11)13/h2-10H,1H3,(H,22,23,24)/t10-/m1/s1. The molecule has 1 aromatic carbocycles. The molecule has 6 nitrogen and oxygen atoms in total. The molecular formula is C18H13Cl2N3O3. The molecule has 132 valence electrons. The summed E-state index contributed by atoms with van der Waals surface area (Å²) < 4.78 is 5.25. The van der Waals surface area contributed by atoms with Crippen LogP contribution < -0.4 is 5.32 Å². The monoisotopic (exact) mass is 389 g/mol. The van der Waals surface area contributed by atoms with Crippen LogP contribution in [0.15, 0.2) is 48.8 Å². The Bertz CT molecular complexity index is 989. The molecule has 0 aliphatic rings. The van der Waals surface area contributed by atoms with Crippen LogP contribution >= 0.6 is 23.2 Å². The van der Waals surface area contributed by atoms with Gasteiger partial charge in [-0.25, -0.2) is 9.78 Å². The summed E-state index contributed by atoms with van der Waals surface area (Å²) in [5.74, 6) is -1.08. The second-order valence-corrected chi connectivity index (χ2v) is 6.25. The van der Waals surface area contributed by atoms with Gasteiger partial charge in [-0.3, -0.25) is 9.78 Å². The van der Waals surface area contributed by atoms with E-state index in [-0.39, 0.29) is 16.4 Å². The van der Waals surface area contributed by atoms with Crippen LogP contribution in [0.2, 0.25) is 10.0 Å². The Hall–Kier alpha value is -2.70. The van der Waals surface area contributed by atoms with Gasteiger partial charge in [0.1, 0.15) is 0 Å². The molecule has 0 radical (unpaired) electrons. The zero-order valence-corrected chi connectivity index (χ0v) is 15.1. The largest absolute Gasteiger partial charge is 0.449 e. The fraction of sp³-hybridized carbons (Fsp3) is 0.111. The van der Waals surface area contributed by atoms with Crippen molar-refractivity contribution in [1.29, 1.82) is 0 Å². The number of carbonyl (C=O) groups excluding carboxylic acids is 2. The maximum atomic E-state index is 12.4. The van der Waals surface area contributed by atoms with Crippen LogP contribution in [0.4, 0.5) is 5.82 Å². The summed E-state index contributed by atoms with van der Waals surface area (Å²) in [6.45, 7) is 1.45. The molecule has 0 bridgehead atoms. The topological polar surface area (TPSA) is 81.2 Å². The van der Waals surface area contributed by atoms with E-state index in [9.17, 15) is 9.59 Å². The minimum atomic E-state index is -1.06. The van der Waals surface area contributed by atoms with E-state index >= 15 is 0 Å². The predicted molar refractivity (Wildman–Crippen MR) is 99.5 cm³/mol. The molecule has 0 unspecified atom stereocenters. The Morgan fingerprint density at radius 2 is 1.92 bits per heavy atom. The van der Waals surface area contributed by atoms with Gasteiger partial charge in [0, 0.05) is 17.8 Å². The zero-order chi connectivity index (χ0) is 18.7. The van der Waals surface area contributed by atoms with Crippen molar-refractivity contribution in [2.45, 2.75) is 13.0 Å². The number of hydrogen-bond donors (Lipinski definition) is 1. The number of nitrogens with one attached hydrogen (secondary N) is 1. The van der Waals surface area contributed by atoms with Gasteiger partial charge < -0.3 is 10.1 Å². The number of pyridine rings is 2. The summed E-state index contributed by atoms with van der Waals surface area (Å²) >= 11 is 11.7. The lowest BCUT2D eigenvalue weighted by atomic mass is 10.1. The third kappa shape index (κ3) is 3.92. The number of nitrogens with zero attached hydrogens (tertiary/aromatic N) is 2. The Morgan fingerprint density at radius 3 is 2.69 bits per heavy atom. The fourth-order valence-corrected chi connectivity index (χ4v) is 2.70. The lowest BCUT2D eigenvalue weighted by Gasteiger charge is -2.14. The van der Waals surface area contributed by atoms with Crippen molar-refractivity contribution in [2.75, 3.05) is 5.32 Å². The molecule has 3 aromatic rings. The Balaban J connectivity index is 1.73. The summed E-state index contributed by atoms with van der Waals surface area (Å²) in [7, 11) is 0. The number of rotatable bonds is 4. The van der Waals surface area contributed by atoms with E-state index in [0.29, 0.717) is 10.5 Å². The van der Waals surface area contributed by atoms with Crippen LogP contribution in [0, 0.1) is 0 Å². The first kappa shape index (κ1) is 18.1. The Morgan fingerprint density at radius 1 is 1.15 bits per heavy atom. The highest BCUT2D eigenvalue weighted by Crippen LogP contribution is 2.23. The van der Waals surface area contributed by atoms with Crippen molar-refractivity contribution in [2.24, 2.45) is 0 Å². The van der Waals surface area contributed by atoms with Gasteiger partial charge >= 0.3 is 5.97 Å². The number of ether oxygens (including phenoxy) is 1. The van der Waals surface area contributed by atoms with E-state index < -0.39 is 18.0 Å². The number of carbonyl (C=O) groups is 2. The van der Waals surface area contributed by atoms with Gasteiger partial charge in [-0.2, -0.15) is 0 Å². The number of para-hydroxylation sites is 1. The smallest absolute Gasteiger partial charge is 0.341 e. The first-order valence-corrected chi connectivity index (χ1v) is 8.38. The molecule has 8 heteroatoms. The fourth-order valence-electron chi connectivity index (χ4n) is 2.27. The molecule has 0 spiro atoms. The quantitative estimate of drug-likeness (QED) is 0.678. The van der Waals surface area contributed by atoms with Crippen molar-refractivity contribution in [3.63, 3.8) is 0 Å². The molecule has 0 fully saturated rings. The molecule has 0 aliphatic carbocycles. The molecule has 3 rings (SSSR count). The highest BCUT2D eigenvalue weighted by Gasteiger charge is 2.21. The number of fused-ring (bicyclic) bond motifs is 1. The molecule has 0 saturated heterocycles. The third-order valence-corrected chi connectivity index (χ3v) is 4.05. The highest BCUT2D eigenvalue weighted by atomic mass is 35.5. The maximum absolute atomic E-state index is 12.4. The van der Waals surface area contributed by atoms with Crippen molar-refractivity contribution in [3.05, 3.63) is 64.4 Å². The molecule has 1 atom stereocenters. The van der Waals surface area contributed by atoms with E-state index in [1.165, 1.54) is 19.2 Å². The van der Waals surface area contributed by atoms with Gasteiger partial charge in [0.2, 0.25) is 0 Å². The lowest BCUT2D eigenvalue weighted by Crippen LogP contribution is -2.30. The van der Waals surface area contributed by atoms with Crippen LogP contribution in [-0.2, 0) is 9.53 Å². The summed E-state index contributed by atoms with van der Waals surface area (Å²) in [5.41, 5.74) is 0.792. The van der Waals surface area contributed by atoms with Crippen molar-refractivity contribution >= 4 is 51.8 Å². The lowest BCUT2D eigenvalue weighted by molar-refractivity contribution is -0.123. The van der Waals surface area contributed by atoms with Crippen LogP contribution in [0.25, 0.3) is 10.9 Å². The normalized spacial score (nSPS) is 11.8. The predicted octanol–water partition coefficient (Wildman–Crippen LogP) is 4.12. The molecule has 26 heavy (non-hydrogen) atoms. The molecule has 2 heterocycles. The van der Waals surface area contributed by atoms with Crippen LogP contribution in [0.1, 0.15) is 17.3 Å². The van der Waals surface area contributed by atoms with Gasteiger partial charge in [0.05, 0.1) is 21.1 Å². The van der Waals surface area contributed by atoms with E-state index in [4.69, 9.17) is 27.9 Å². The average Bonchev–Trinajstić information content (AvgIpc) is 2.63. The number of amides is 1. The Kier molecular flexibility index (Phi) is 5.35. The van der Waals surface area contributed by atoms with Crippen LogP contribution in [0.3, 0.4) is 0 Å². The minimum absolute atomic E-state index is 0.135. The van der Waals surface area contributed by atoms with Gasteiger partial charge in [0.15, 0.2) is 11.9 Å². The molecule has 0 aliphatic heterocycles. The van der Waals surface area contributed by atoms with Gasteiger partial charge in [-0.1, -0.05) is 41.4 Å². The number of benzene rings is 1. The van der Waals surface area contributed by atoms with E-state index in [1.807, 2.05) is 12.1 Å². The number of esters is 1. The van der Waals surface area contributed by atoms with Gasteiger partial charge in [0.25, 0.3) is 5.91 Å². The third-order valence-electron chi connectivity index (χ3n) is 3.56. The maximum Gasteiger partial charge on any atom is 0.341 e. The van der Waals surface area contributed by atoms with E-state index in [2.05, 4.69) is 15.3 Å². The zero-order valence-electron chi connectivity index (χ0n) is 13.6. The summed E-state index contributed by atoms with van der Waals surface area (Å²) in [6.07, 6.45) is 1.88. The molecule has 1 N–H and O–H groups in total. The van der Waals surface area contributed by atoms with E-state index in [1.54, 1.807) is 24.4 Å². The summed E-state index contributed by atoms with van der Waals surface area (Å²) in [4.78, 5) is 32.8. The summed E-state index contributed by atoms with van der Waals surface area (Å²) in [5, 5.41) is 3.83. The van der Waals surface area contributed by atoms with Crippen molar-refractivity contribution in [1.82, 2.24) is 9.97 Å². The second-order valence-electron chi connectivity index (χ2n) is 5.40. The molecular weight excluding hydrogens is 377 g/mol. The first-order chi connectivity index (χ1) is 12.5. The van der Waals surface area contributed by atoms with Crippen LogP contribution in [-0.4, -0.2) is 27.9 Å². The average molecular weight is 390 g/mol. The van der Waals surface area contributed by atoms with Crippen molar-refractivity contribution in [3.8, 4) is 0 Å². The minimum Gasteiger partial charge on any atom is -0.449 e. The van der Waals surface area contributed by atoms with Crippen LogP contribution in [0.5, 0.6) is 0 Å². The number of aromatic nitrogens is 2. The molecule has 2 aromatic heterocycles. The highest BCUT2D eigenvalue weighted by molar-refractivity contribution is 6.36. The molecule has 1 amide bonds. The SMILES string of the molecule is C[C@@H](OC(=O)c1cccc2cccnc12)C(=O)Nc1ncc(Cl)cc1Cl. The number of halogens is 2. The number of hydrogen-bond acceptors (Lipinski definition) is 5. The second kappa shape index (κ2) is 7.68.